The number of hydrogen-bond acceptors (Lipinski definition) is 7. The Hall–Kier alpha value is -2.13. The predicted octanol–water partition coefficient (Wildman–Crippen LogP) is 1.65. The summed E-state index contributed by atoms with van der Waals surface area (Å²) in [6.45, 7) is 4.41. The highest BCUT2D eigenvalue weighted by atomic mass is 32.2. The molecular formula is C18H26N2O6S. The van der Waals surface area contributed by atoms with Gasteiger partial charge in [-0.2, -0.15) is 0 Å². The number of rotatable bonds is 7. The zero-order chi connectivity index (χ0) is 20.2. The van der Waals surface area contributed by atoms with Crippen molar-refractivity contribution in [3.8, 4) is 0 Å². The summed E-state index contributed by atoms with van der Waals surface area (Å²) in [4.78, 5) is 26.2. The molecule has 1 saturated heterocycles. The maximum atomic E-state index is 12.6. The van der Waals surface area contributed by atoms with Gasteiger partial charge in [-0.05, 0) is 44.9 Å². The average Bonchev–Trinajstić information content (AvgIpc) is 3.12. The van der Waals surface area contributed by atoms with E-state index in [4.69, 9.17) is 9.47 Å². The molecule has 0 amide bonds. The highest BCUT2D eigenvalue weighted by Crippen LogP contribution is 2.28. The first-order chi connectivity index (χ1) is 12.6. The minimum atomic E-state index is -3.70. The number of carbonyl (C=O) groups excluding carboxylic acids is 2. The maximum absolute atomic E-state index is 12.6. The zero-order valence-electron chi connectivity index (χ0n) is 16.1. The van der Waals surface area contributed by atoms with Crippen molar-refractivity contribution in [3.63, 3.8) is 0 Å². The molecule has 1 aliphatic heterocycles. The summed E-state index contributed by atoms with van der Waals surface area (Å²) in [6.07, 6.45) is 1.67. The highest BCUT2D eigenvalue weighted by Gasteiger charge is 2.25. The molecule has 0 spiro atoms. The van der Waals surface area contributed by atoms with Crippen LogP contribution in [0.5, 0.6) is 0 Å². The van der Waals surface area contributed by atoms with Gasteiger partial charge < -0.3 is 14.4 Å². The number of anilines is 1. The zero-order valence-corrected chi connectivity index (χ0v) is 16.9. The molecular weight excluding hydrogens is 372 g/mol. The molecule has 1 aromatic carbocycles. The molecule has 1 aromatic rings. The quantitative estimate of drug-likeness (QED) is 0.645. The van der Waals surface area contributed by atoms with Gasteiger partial charge in [-0.25, -0.2) is 22.3 Å². The molecule has 0 unspecified atom stereocenters. The smallest absolute Gasteiger partial charge is 0.344 e. The minimum absolute atomic E-state index is 0.00726. The van der Waals surface area contributed by atoms with Crippen LogP contribution < -0.4 is 4.90 Å². The van der Waals surface area contributed by atoms with E-state index in [0.717, 1.165) is 30.2 Å². The summed E-state index contributed by atoms with van der Waals surface area (Å²) < 4.78 is 35.9. The second kappa shape index (κ2) is 8.71. The largest absolute Gasteiger partial charge is 0.460 e. The number of benzene rings is 1. The topological polar surface area (TPSA) is 93.2 Å². The van der Waals surface area contributed by atoms with Gasteiger partial charge in [0.2, 0.25) is 10.0 Å². The molecule has 1 fully saturated rings. The lowest BCUT2D eigenvalue weighted by Gasteiger charge is -2.22. The fourth-order valence-electron chi connectivity index (χ4n) is 2.78. The fraction of sp³-hybridized carbons (Fsp3) is 0.556. The van der Waals surface area contributed by atoms with Crippen molar-refractivity contribution in [3.05, 3.63) is 23.8 Å². The Morgan fingerprint density at radius 2 is 1.81 bits per heavy atom. The van der Waals surface area contributed by atoms with Crippen LogP contribution in [0.15, 0.2) is 23.1 Å². The Morgan fingerprint density at radius 3 is 2.37 bits per heavy atom. The van der Waals surface area contributed by atoms with Crippen LogP contribution in [0.3, 0.4) is 0 Å². The summed E-state index contributed by atoms with van der Waals surface area (Å²) in [5.41, 5.74) is 0.726. The van der Waals surface area contributed by atoms with Gasteiger partial charge >= 0.3 is 11.9 Å². The van der Waals surface area contributed by atoms with Gasteiger partial charge in [0.1, 0.15) is 0 Å². The monoisotopic (exact) mass is 398 g/mol. The Bertz CT molecular complexity index is 798. The van der Waals surface area contributed by atoms with Gasteiger partial charge in [0.15, 0.2) is 6.61 Å². The van der Waals surface area contributed by atoms with E-state index in [1.165, 1.54) is 26.2 Å². The second-order valence-electron chi connectivity index (χ2n) is 6.78. The number of esters is 2. The number of sulfonamides is 1. The lowest BCUT2D eigenvalue weighted by atomic mass is 10.1. The Balaban J connectivity index is 2.32. The maximum Gasteiger partial charge on any atom is 0.344 e. The third-order valence-electron chi connectivity index (χ3n) is 4.10. The predicted molar refractivity (Wildman–Crippen MR) is 100 cm³/mol. The Morgan fingerprint density at radius 1 is 1.19 bits per heavy atom. The van der Waals surface area contributed by atoms with Crippen LogP contribution in [0.4, 0.5) is 5.69 Å². The number of hydrogen-bond donors (Lipinski definition) is 0. The molecule has 0 bridgehead atoms. The van der Waals surface area contributed by atoms with Gasteiger partial charge in [-0.15, -0.1) is 0 Å². The standard InChI is InChI=1S/C18H26N2O6S/c1-13(2)26-17(21)12-25-18(22)15-11-14(27(23,24)19(3)4)7-8-16(15)20-9-5-6-10-20/h7-8,11,13H,5-6,9-10,12H2,1-4H3. The SMILES string of the molecule is CC(C)OC(=O)COC(=O)c1cc(S(=O)(=O)N(C)C)ccc1N1CCCC1. The van der Waals surface area contributed by atoms with Crippen molar-refractivity contribution in [2.24, 2.45) is 0 Å². The van der Waals surface area contributed by atoms with Crippen LogP contribution in [0.2, 0.25) is 0 Å². The third-order valence-corrected chi connectivity index (χ3v) is 5.91. The molecule has 0 atom stereocenters. The summed E-state index contributed by atoms with van der Waals surface area (Å²) in [5, 5.41) is 0. The number of carbonyl (C=O) groups is 2. The minimum Gasteiger partial charge on any atom is -0.460 e. The van der Waals surface area contributed by atoms with Gasteiger partial charge in [0.25, 0.3) is 0 Å². The number of ether oxygens (including phenoxy) is 2. The molecule has 0 aromatic heterocycles. The van der Waals surface area contributed by atoms with Crippen molar-refractivity contribution in [2.45, 2.75) is 37.7 Å². The molecule has 0 saturated carbocycles. The number of nitrogens with zero attached hydrogens (tertiary/aromatic N) is 2. The average molecular weight is 398 g/mol. The van der Waals surface area contributed by atoms with Gasteiger partial charge in [-0.1, -0.05) is 0 Å². The van der Waals surface area contributed by atoms with Crippen molar-refractivity contribution in [1.82, 2.24) is 4.31 Å². The first-order valence-corrected chi connectivity index (χ1v) is 10.2. The highest BCUT2D eigenvalue weighted by molar-refractivity contribution is 7.89. The molecule has 0 aliphatic carbocycles. The molecule has 8 nitrogen and oxygen atoms in total. The molecule has 1 heterocycles. The van der Waals surface area contributed by atoms with Crippen LogP contribution in [0, 0.1) is 0 Å². The van der Waals surface area contributed by atoms with Crippen LogP contribution in [0.25, 0.3) is 0 Å². The lowest BCUT2D eigenvalue weighted by molar-refractivity contribution is -0.150. The van der Waals surface area contributed by atoms with E-state index in [1.807, 2.05) is 4.90 Å². The van der Waals surface area contributed by atoms with Gasteiger partial charge in [-0.3, -0.25) is 0 Å². The molecule has 150 valence electrons. The van der Waals surface area contributed by atoms with Crippen molar-refractivity contribution >= 4 is 27.6 Å². The molecule has 0 N–H and O–H groups in total. The van der Waals surface area contributed by atoms with Crippen LogP contribution in [-0.2, 0) is 24.3 Å². The van der Waals surface area contributed by atoms with Crippen LogP contribution in [0.1, 0.15) is 37.0 Å². The normalized spacial score (nSPS) is 14.7. The van der Waals surface area contributed by atoms with Gasteiger partial charge in [0, 0.05) is 27.2 Å². The molecule has 2 rings (SSSR count). The van der Waals surface area contributed by atoms with E-state index in [1.54, 1.807) is 19.9 Å². The van der Waals surface area contributed by atoms with E-state index < -0.39 is 28.6 Å². The lowest BCUT2D eigenvalue weighted by Crippen LogP contribution is -2.25. The van der Waals surface area contributed by atoms with Crippen LogP contribution >= 0.6 is 0 Å². The Kier molecular flexibility index (Phi) is 6.83. The molecule has 9 heteroatoms. The van der Waals surface area contributed by atoms with E-state index in [9.17, 15) is 18.0 Å². The van der Waals surface area contributed by atoms with Crippen molar-refractivity contribution in [2.75, 3.05) is 38.7 Å². The molecule has 1 aliphatic rings. The van der Waals surface area contributed by atoms with Crippen LogP contribution in [-0.4, -0.2) is 64.6 Å². The third kappa shape index (κ3) is 5.20. The molecule has 27 heavy (non-hydrogen) atoms. The van der Waals surface area contributed by atoms with Gasteiger partial charge in [0.05, 0.1) is 22.3 Å². The van der Waals surface area contributed by atoms with E-state index in [-0.39, 0.29) is 16.6 Å². The first kappa shape index (κ1) is 21.2. The summed E-state index contributed by atoms with van der Waals surface area (Å²) in [7, 11) is -0.864. The van der Waals surface area contributed by atoms with E-state index in [2.05, 4.69) is 0 Å². The second-order valence-corrected chi connectivity index (χ2v) is 8.93. The summed E-state index contributed by atoms with van der Waals surface area (Å²) in [5.74, 6) is -1.41. The Labute approximate surface area is 160 Å². The fourth-order valence-corrected chi connectivity index (χ4v) is 3.71. The van der Waals surface area contributed by atoms with Crippen molar-refractivity contribution in [1.29, 1.82) is 0 Å². The first-order valence-electron chi connectivity index (χ1n) is 8.81. The summed E-state index contributed by atoms with van der Waals surface area (Å²) in [6, 6.07) is 4.40. The van der Waals surface area contributed by atoms with Crippen molar-refractivity contribution < 1.29 is 27.5 Å². The summed E-state index contributed by atoms with van der Waals surface area (Å²) >= 11 is 0. The molecule has 0 radical (unpaired) electrons. The van der Waals surface area contributed by atoms with E-state index in [0.29, 0.717) is 5.69 Å². The van der Waals surface area contributed by atoms with E-state index >= 15 is 0 Å².